The maximum atomic E-state index is 12.5. The standard InChI is InChI=1S/C19H20N2O3/c1-12(10-14-11-13-6-2-4-8-16(13)23-14)20-19(22)18-15-7-3-5-9-17(15)24-21-18/h2,4,6,8,11-12H,3,5,7,9-10H2,1H3,(H,20,22)/t12-/m0/s1. The van der Waals surface area contributed by atoms with Crippen LogP contribution in [0.15, 0.2) is 39.3 Å². The molecule has 5 heteroatoms. The topological polar surface area (TPSA) is 68.3 Å². The Morgan fingerprint density at radius 2 is 2.12 bits per heavy atom. The lowest BCUT2D eigenvalue weighted by Crippen LogP contribution is -2.34. The normalized spacial score (nSPS) is 15.2. The lowest BCUT2D eigenvalue weighted by molar-refractivity contribution is 0.0929. The summed E-state index contributed by atoms with van der Waals surface area (Å²) in [4.78, 5) is 12.5. The summed E-state index contributed by atoms with van der Waals surface area (Å²) in [5.41, 5.74) is 2.30. The van der Waals surface area contributed by atoms with Gasteiger partial charge in [-0.25, -0.2) is 0 Å². The molecule has 4 rings (SSSR count). The van der Waals surface area contributed by atoms with Crippen molar-refractivity contribution >= 4 is 16.9 Å². The number of hydrogen-bond donors (Lipinski definition) is 1. The summed E-state index contributed by atoms with van der Waals surface area (Å²) in [5, 5.41) is 8.07. The molecule has 24 heavy (non-hydrogen) atoms. The van der Waals surface area contributed by atoms with E-state index in [1.54, 1.807) is 0 Å². The van der Waals surface area contributed by atoms with Gasteiger partial charge in [-0.15, -0.1) is 0 Å². The highest BCUT2D eigenvalue weighted by Crippen LogP contribution is 2.24. The Kier molecular flexibility index (Phi) is 3.84. The van der Waals surface area contributed by atoms with Crippen molar-refractivity contribution < 1.29 is 13.7 Å². The van der Waals surface area contributed by atoms with Crippen molar-refractivity contribution in [2.75, 3.05) is 0 Å². The average molecular weight is 324 g/mol. The third-order valence-electron chi connectivity index (χ3n) is 4.53. The summed E-state index contributed by atoms with van der Waals surface area (Å²) < 4.78 is 11.1. The van der Waals surface area contributed by atoms with Gasteiger partial charge in [0.2, 0.25) is 0 Å². The van der Waals surface area contributed by atoms with E-state index in [0.717, 1.165) is 53.7 Å². The van der Waals surface area contributed by atoms with Crippen molar-refractivity contribution in [3.05, 3.63) is 53.1 Å². The molecule has 1 aliphatic rings. The molecule has 0 fully saturated rings. The number of furan rings is 1. The van der Waals surface area contributed by atoms with Crippen molar-refractivity contribution in [3.8, 4) is 0 Å². The molecule has 5 nitrogen and oxygen atoms in total. The molecule has 1 aromatic carbocycles. The molecule has 0 bridgehead atoms. The Bertz CT molecular complexity index is 845. The first-order valence-electron chi connectivity index (χ1n) is 8.46. The molecule has 124 valence electrons. The number of hydrogen-bond acceptors (Lipinski definition) is 4. The molecule has 0 unspecified atom stereocenters. The van der Waals surface area contributed by atoms with Crippen LogP contribution in [0.3, 0.4) is 0 Å². The van der Waals surface area contributed by atoms with Gasteiger partial charge < -0.3 is 14.3 Å². The van der Waals surface area contributed by atoms with Crippen LogP contribution in [0.25, 0.3) is 11.0 Å². The van der Waals surface area contributed by atoms with E-state index in [9.17, 15) is 4.79 Å². The molecule has 0 spiro atoms. The third-order valence-corrected chi connectivity index (χ3v) is 4.53. The van der Waals surface area contributed by atoms with Crippen molar-refractivity contribution in [1.82, 2.24) is 10.5 Å². The van der Waals surface area contributed by atoms with Gasteiger partial charge in [0.05, 0.1) is 0 Å². The Morgan fingerprint density at radius 1 is 1.29 bits per heavy atom. The molecule has 3 aromatic rings. The minimum atomic E-state index is -0.162. The highest BCUT2D eigenvalue weighted by Gasteiger charge is 2.24. The molecule has 2 heterocycles. The highest BCUT2D eigenvalue weighted by molar-refractivity contribution is 5.94. The number of para-hydroxylation sites is 1. The number of nitrogens with zero attached hydrogens (tertiary/aromatic N) is 1. The number of rotatable bonds is 4. The van der Waals surface area contributed by atoms with E-state index >= 15 is 0 Å². The highest BCUT2D eigenvalue weighted by atomic mass is 16.5. The second-order valence-electron chi connectivity index (χ2n) is 6.47. The molecular formula is C19H20N2O3. The largest absolute Gasteiger partial charge is 0.461 e. The second-order valence-corrected chi connectivity index (χ2v) is 6.47. The maximum Gasteiger partial charge on any atom is 0.273 e. The van der Waals surface area contributed by atoms with E-state index in [-0.39, 0.29) is 11.9 Å². The van der Waals surface area contributed by atoms with Crippen LogP contribution in [0, 0.1) is 0 Å². The maximum absolute atomic E-state index is 12.5. The fourth-order valence-corrected chi connectivity index (χ4v) is 3.35. The number of fused-ring (bicyclic) bond motifs is 2. The van der Waals surface area contributed by atoms with Crippen molar-refractivity contribution in [2.45, 2.75) is 45.1 Å². The third kappa shape index (κ3) is 2.82. The number of aryl methyl sites for hydroxylation is 1. The van der Waals surface area contributed by atoms with Crippen LogP contribution in [0.2, 0.25) is 0 Å². The molecule has 0 saturated carbocycles. The van der Waals surface area contributed by atoms with E-state index in [1.165, 1.54) is 0 Å². The van der Waals surface area contributed by atoms with Crippen molar-refractivity contribution in [1.29, 1.82) is 0 Å². The minimum absolute atomic E-state index is 0.0472. The van der Waals surface area contributed by atoms with Gasteiger partial charge in [-0.1, -0.05) is 23.4 Å². The number of carbonyl (C=O) groups is 1. The van der Waals surface area contributed by atoms with Crippen LogP contribution in [0.1, 0.15) is 47.3 Å². The Hall–Kier alpha value is -2.56. The molecule has 1 amide bonds. The summed E-state index contributed by atoms with van der Waals surface area (Å²) in [6, 6.07) is 9.89. The number of benzene rings is 1. The second kappa shape index (κ2) is 6.15. The fourth-order valence-electron chi connectivity index (χ4n) is 3.35. The summed E-state index contributed by atoms with van der Waals surface area (Å²) in [5.74, 6) is 1.58. The summed E-state index contributed by atoms with van der Waals surface area (Å²) in [7, 11) is 0. The lowest BCUT2D eigenvalue weighted by atomic mass is 9.96. The molecule has 1 N–H and O–H groups in total. The van der Waals surface area contributed by atoms with Gasteiger partial charge in [-0.3, -0.25) is 4.79 Å². The molecule has 0 radical (unpaired) electrons. The predicted octanol–water partition coefficient (Wildman–Crippen LogP) is 3.66. The SMILES string of the molecule is C[C@@H](Cc1cc2ccccc2o1)NC(=O)c1noc2c1CCCC2. The molecule has 2 aromatic heterocycles. The van der Waals surface area contributed by atoms with Gasteiger partial charge >= 0.3 is 0 Å². The van der Waals surface area contributed by atoms with Gasteiger partial charge in [0.15, 0.2) is 5.69 Å². The van der Waals surface area contributed by atoms with Gasteiger partial charge in [0, 0.05) is 29.8 Å². The zero-order valence-corrected chi connectivity index (χ0v) is 13.7. The van der Waals surface area contributed by atoms with E-state index in [1.807, 2.05) is 37.3 Å². The zero-order chi connectivity index (χ0) is 16.5. The molecule has 0 saturated heterocycles. The van der Waals surface area contributed by atoms with Gasteiger partial charge in [-0.2, -0.15) is 0 Å². The summed E-state index contributed by atoms with van der Waals surface area (Å²) in [6.07, 6.45) is 4.58. The van der Waals surface area contributed by atoms with Crippen LogP contribution < -0.4 is 5.32 Å². The first-order chi connectivity index (χ1) is 11.7. The van der Waals surface area contributed by atoms with Crippen LogP contribution in [0.5, 0.6) is 0 Å². The van der Waals surface area contributed by atoms with E-state index < -0.39 is 0 Å². The fraction of sp³-hybridized carbons (Fsp3) is 0.368. The zero-order valence-electron chi connectivity index (χ0n) is 13.7. The number of aromatic nitrogens is 1. The average Bonchev–Trinajstić information content (AvgIpc) is 3.17. The minimum Gasteiger partial charge on any atom is -0.461 e. The molecule has 0 aliphatic heterocycles. The summed E-state index contributed by atoms with van der Waals surface area (Å²) in [6.45, 7) is 1.97. The smallest absolute Gasteiger partial charge is 0.273 e. The Balaban J connectivity index is 1.44. The Labute approximate surface area is 140 Å². The molecule has 1 aliphatic carbocycles. The van der Waals surface area contributed by atoms with Crippen LogP contribution in [-0.4, -0.2) is 17.1 Å². The van der Waals surface area contributed by atoms with Crippen LogP contribution >= 0.6 is 0 Å². The summed E-state index contributed by atoms with van der Waals surface area (Å²) >= 11 is 0. The van der Waals surface area contributed by atoms with E-state index in [2.05, 4.69) is 10.5 Å². The first-order valence-corrected chi connectivity index (χ1v) is 8.46. The lowest BCUT2D eigenvalue weighted by Gasteiger charge is -2.13. The van der Waals surface area contributed by atoms with Crippen molar-refractivity contribution in [3.63, 3.8) is 0 Å². The number of carbonyl (C=O) groups excluding carboxylic acids is 1. The molecular weight excluding hydrogens is 304 g/mol. The predicted molar refractivity (Wildman–Crippen MR) is 90.0 cm³/mol. The van der Waals surface area contributed by atoms with Gasteiger partial charge in [-0.05, 0) is 38.3 Å². The van der Waals surface area contributed by atoms with E-state index in [4.69, 9.17) is 8.94 Å². The number of nitrogens with one attached hydrogen (secondary N) is 1. The van der Waals surface area contributed by atoms with Gasteiger partial charge in [0.1, 0.15) is 17.1 Å². The van der Waals surface area contributed by atoms with Crippen LogP contribution in [-0.2, 0) is 19.3 Å². The number of amides is 1. The van der Waals surface area contributed by atoms with Gasteiger partial charge in [0.25, 0.3) is 5.91 Å². The quantitative estimate of drug-likeness (QED) is 0.795. The monoisotopic (exact) mass is 324 g/mol. The van der Waals surface area contributed by atoms with Crippen molar-refractivity contribution in [2.24, 2.45) is 0 Å². The van der Waals surface area contributed by atoms with E-state index in [0.29, 0.717) is 12.1 Å². The van der Waals surface area contributed by atoms with Crippen LogP contribution in [0.4, 0.5) is 0 Å². The Morgan fingerprint density at radius 3 is 3.00 bits per heavy atom. The first kappa shape index (κ1) is 15.0. The molecule has 1 atom stereocenters.